The van der Waals surface area contributed by atoms with Crippen LogP contribution < -0.4 is 14.8 Å². The SMILES string of the molecule is COc1cc2cc(c1)-c1n[nH]c3ccc(cc13)OCCCNC(=O)OC2. The van der Waals surface area contributed by atoms with Gasteiger partial charge in [0, 0.05) is 17.5 Å². The number of rotatable bonds is 1. The van der Waals surface area contributed by atoms with Crippen LogP contribution in [0.1, 0.15) is 12.0 Å². The number of amides is 1. The van der Waals surface area contributed by atoms with Gasteiger partial charge in [0.05, 0.1) is 19.2 Å². The van der Waals surface area contributed by atoms with Crippen molar-refractivity contribution in [3.63, 3.8) is 0 Å². The molecule has 2 aromatic carbocycles. The van der Waals surface area contributed by atoms with Crippen molar-refractivity contribution in [1.29, 1.82) is 0 Å². The molecular weight excluding hydrogens is 334 g/mol. The third-order valence-electron chi connectivity index (χ3n) is 4.24. The Morgan fingerprint density at radius 1 is 1.15 bits per heavy atom. The molecule has 1 aliphatic heterocycles. The van der Waals surface area contributed by atoms with Gasteiger partial charge in [-0.25, -0.2) is 4.79 Å². The van der Waals surface area contributed by atoms with E-state index >= 15 is 0 Å². The lowest BCUT2D eigenvalue weighted by atomic mass is 10.0. The van der Waals surface area contributed by atoms with Crippen LogP contribution in [0.4, 0.5) is 4.79 Å². The van der Waals surface area contributed by atoms with Gasteiger partial charge in [0.25, 0.3) is 0 Å². The molecule has 0 spiro atoms. The van der Waals surface area contributed by atoms with E-state index in [0.717, 1.165) is 33.5 Å². The molecule has 7 heteroatoms. The van der Waals surface area contributed by atoms with Crippen molar-refractivity contribution in [1.82, 2.24) is 15.5 Å². The number of H-pyrrole nitrogens is 1. The highest BCUT2D eigenvalue weighted by molar-refractivity contribution is 5.94. The number of benzene rings is 2. The van der Waals surface area contributed by atoms with Crippen LogP contribution >= 0.6 is 0 Å². The molecule has 0 saturated heterocycles. The Morgan fingerprint density at radius 2 is 2.08 bits per heavy atom. The molecule has 1 amide bonds. The summed E-state index contributed by atoms with van der Waals surface area (Å²) >= 11 is 0. The van der Waals surface area contributed by atoms with Gasteiger partial charge < -0.3 is 19.5 Å². The predicted molar refractivity (Wildman–Crippen MR) is 96.4 cm³/mol. The standard InChI is InChI=1S/C19H19N3O4/c1-24-15-8-12-7-13(9-15)18-16-10-14(3-4-17(16)21-22-18)25-6-2-5-20-19(23)26-11-12/h3-4,7-10H,2,5-6,11H2,1H3,(H,20,23)(H,21,22). The monoisotopic (exact) mass is 353 g/mol. The van der Waals surface area contributed by atoms with Crippen molar-refractivity contribution in [2.75, 3.05) is 20.3 Å². The molecule has 0 radical (unpaired) electrons. The second kappa shape index (κ2) is 6.95. The van der Waals surface area contributed by atoms with Crippen molar-refractivity contribution in [3.8, 4) is 22.8 Å². The second-order valence-corrected chi connectivity index (χ2v) is 6.05. The Hall–Kier alpha value is -3.22. The first-order valence-electron chi connectivity index (χ1n) is 8.43. The molecular formula is C19H19N3O4. The van der Waals surface area contributed by atoms with Crippen LogP contribution in [0.25, 0.3) is 22.2 Å². The smallest absolute Gasteiger partial charge is 0.407 e. The van der Waals surface area contributed by atoms with Crippen LogP contribution in [-0.2, 0) is 11.3 Å². The van der Waals surface area contributed by atoms with Crippen molar-refractivity contribution >= 4 is 17.0 Å². The summed E-state index contributed by atoms with van der Waals surface area (Å²) in [6.45, 7) is 1.14. The van der Waals surface area contributed by atoms with E-state index in [1.165, 1.54) is 0 Å². The minimum absolute atomic E-state index is 0.153. The lowest BCUT2D eigenvalue weighted by Crippen LogP contribution is -2.26. The number of fused-ring (bicyclic) bond motifs is 4. The molecule has 4 bridgehead atoms. The third-order valence-corrected chi connectivity index (χ3v) is 4.24. The van der Waals surface area contributed by atoms with Crippen molar-refractivity contribution < 1.29 is 19.0 Å². The predicted octanol–water partition coefficient (Wildman–Crippen LogP) is 3.25. The molecule has 2 N–H and O–H groups in total. The maximum Gasteiger partial charge on any atom is 0.407 e. The molecule has 4 rings (SSSR count). The molecule has 26 heavy (non-hydrogen) atoms. The highest BCUT2D eigenvalue weighted by atomic mass is 16.5. The van der Waals surface area contributed by atoms with Gasteiger partial charge in [-0.3, -0.25) is 5.10 Å². The van der Waals surface area contributed by atoms with Gasteiger partial charge >= 0.3 is 6.09 Å². The fourth-order valence-electron chi connectivity index (χ4n) is 2.95. The number of methoxy groups -OCH3 is 1. The first-order valence-corrected chi connectivity index (χ1v) is 8.43. The van der Waals surface area contributed by atoms with Gasteiger partial charge in [0.15, 0.2) is 0 Å². The van der Waals surface area contributed by atoms with Gasteiger partial charge in [-0.15, -0.1) is 0 Å². The maximum absolute atomic E-state index is 11.8. The first kappa shape index (κ1) is 16.3. The Labute approximate surface area is 150 Å². The van der Waals surface area contributed by atoms with Crippen LogP contribution in [0.15, 0.2) is 36.4 Å². The Balaban J connectivity index is 1.82. The van der Waals surface area contributed by atoms with E-state index in [9.17, 15) is 4.79 Å². The number of carbonyl (C=O) groups excluding carboxylic acids is 1. The molecule has 3 aromatic rings. The molecule has 0 atom stereocenters. The minimum Gasteiger partial charge on any atom is -0.497 e. The number of alkyl carbamates (subject to hydrolysis) is 1. The molecule has 0 aliphatic carbocycles. The topological polar surface area (TPSA) is 85.5 Å². The zero-order valence-corrected chi connectivity index (χ0v) is 14.4. The number of ether oxygens (including phenoxy) is 3. The number of carbonyl (C=O) groups is 1. The van der Waals surface area contributed by atoms with Gasteiger partial charge in [0.1, 0.15) is 23.8 Å². The summed E-state index contributed by atoms with van der Waals surface area (Å²) in [6.07, 6.45) is 0.236. The average Bonchev–Trinajstić information content (AvgIpc) is 3.08. The summed E-state index contributed by atoms with van der Waals surface area (Å²) in [5, 5.41) is 11.2. The number of cyclic esters (lactones) is 1. The molecule has 134 valence electrons. The zero-order chi connectivity index (χ0) is 17.9. The summed E-state index contributed by atoms with van der Waals surface area (Å²) in [4.78, 5) is 11.8. The van der Waals surface area contributed by atoms with E-state index in [-0.39, 0.29) is 6.61 Å². The largest absolute Gasteiger partial charge is 0.497 e. The highest BCUT2D eigenvalue weighted by Crippen LogP contribution is 2.32. The fraction of sp³-hybridized carbons (Fsp3) is 0.263. The van der Waals surface area contributed by atoms with E-state index in [1.807, 2.05) is 36.4 Å². The fourth-order valence-corrected chi connectivity index (χ4v) is 2.95. The summed E-state index contributed by atoms with van der Waals surface area (Å²) in [7, 11) is 1.60. The molecule has 1 aromatic heterocycles. The van der Waals surface area contributed by atoms with Gasteiger partial charge in [0.2, 0.25) is 0 Å². The number of aromatic nitrogens is 2. The van der Waals surface area contributed by atoms with E-state index < -0.39 is 6.09 Å². The van der Waals surface area contributed by atoms with Crippen LogP contribution in [0.5, 0.6) is 11.5 Å². The number of hydrogen-bond donors (Lipinski definition) is 2. The number of aromatic amines is 1. The van der Waals surface area contributed by atoms with Crippen molar-refractivity contribution in [2.45, 2.75) is 13.0 Å². The van der Waals surface area contributed by atoms with Crippen LogP contribution in [0, 0.1) is 0 Å². The summed E-state index contributed by atoms with van der Waals surface area (Å²) in [6, 6.07) is 11.5. The maximum atomic E-state index is 11.8. The van der Waals surface area contributed by atoms with E-state index in [0.29, 0.717) is 25.3 Å². The van der Waals surface area contributed by atoms with Crippen molar-refractivity contribution in [3.05, 3.63) is 42.0 Å². The Kier molecular flexibility index (Phi) is 4.35. The summed E-state index contributed by atoms with van der Waals surface area (Å²) in [5.41, 5.74) is 3.42. The van der Waals surface area contributed by atoms with E-state index in [2.05, 4.69) is 15.5 Å². The lowest BCUT2D eigenvalue weighted by molar-refractivity contribution is 0.139. The molecule has 0 unspecified atom stereocenters. The molecule has 2 heterocycles. The number of nitrogens with zero attached hydrogens (tertiary/aromatic N) is 1. The highest BCUT2D eigenvalue weighted by Gasteiger charge is 2.13. The molecule has 1 aliphatic rings. The Morgan fingerprint density at radius 3 is 2.96 bits per heavy atom. The lowest BCUT2D eigenvalue weighted by Gasteiger charge is -2.10. The normalized spacial score (nSPS) is 14.7. The van der Waals surface area contributed by atoms with E-state index in [1.54, 1.807) is 7.11 Å². The number of hydrogen-bond acceptors (Lipinski definition) is 5. The van der Waals surface area contributed by atoms with Crippen molar-refractivity contribution in [2.24, 2.45) is 0 Å². The second-order valence-electron chi connectivity index (χ2n) is 6.05. The quantitative estimate of drug-likeness (QED) is 0.701. The van der Waals surface area contributed by atoms with Gasteiger partial charge in [-0.05, 0) is 48.4 Å². The number of nitrogens with one attached hydrogen (secondary N) is 2. The summed E-state index contributed by atoms with van der Waals surface area (Å²) < 4.78 is 16.5. The average molecular weight is 353 g/mol. The summed E-state index contributed by atoms with van der Waals surface area (Å²) in [5.74, 6) is 1.44. The third kappa shape index (κ3) is 3.28. The Bertz CT molecular complexity index is 951. The van der Waals surface area contributed by atoms with E-state index in [4.69, 9.17) is 14.2 Å². The van der Waals surface area contributed by atoms with Gasteiger partial charge in [-0.2, -0.15) is 5.10 Å². The first-order chi connectivity index (χ1) is 12.7. The van der Waals surface area contributed by atoms with Gasteiger partial charge in [-0.1, -0.05) is 0 Å². The van der Waals surface area contributed by atoms with Crippen LogP contribution in [0.2, 0.25) is 0 Å². The molecule has 0 fully saturated rings. The molecule has 7 nitrogen and oxygen atoms in total. The zero-order valence-electron chi connectivity index (χ0n) is 14.4. The molecule has 0 saturated carbocycles. The van der Waals surface area contributed by atoms with Crippen LogP contribution in [-0.4, -0.2) is 36.6 Å². The van der Waals surface area contributed by atoms with Crippen LogP contribution in [0.3, 0.4) is 0 Å². The minimum atomic E-state index is -0.452.